The van der Waals surface area contributed by atoms with E-state index in [0.717, 1.165) is 24.8 Å². The number of urea groups is 1. The summed E-state index contributed by atoms with van der Waals surface area (Å²) in [4.78, 5) is 12.1. The van der Waals surface area contributed by atoms with Crippen molar-refractivity contribution < 1.29 is 10.0 Å². The summed E-state index contributed by atoms with van der Waals surface area (Å²) in [6.45, 7) is 1.92. The van der Waals surface area contributed by atoms with Crippen molar-refractivity contribution in [3.8, 4) is 6.07 Å². The minimum Gasteiger partial charge on any atom is -0.306 e. The Kier molecular flexibility index (Phi) is 4.26. The van der Waals surface area contributed by atoms with E-state index in [2.05, 4.69) is 11.4 Å². The first-order chi connectivity index (χ1) is 9.57. The second kappa shape index (κ2) is 5.93. The van der Waals surface area contributed by atoms with Gasteiger partial charge >= 0.3 is 6.03 Å². The first-order valence-corrected chi connectivity index (χ1v) is 6.85. The lowest BCUT2D eigenvalue weighted by atomic mass is 9.82. The molecule has 106 valence electrons. The first-order valence-electron chi connectivity index (χ1n) is 6.85. The van der Waals surface area contributed by atoms with Crippen molar-refractivity contribution in [2.45, 2.75) is 44.6 Å². The van der Waals surface area contributed by atoms with Crippen molar-refractivity contribution >= 4 is 11.7 Å². The van der Waals surface area contributed by atoms with Crippen LogP contribution >= 0.6 is 0 Å². The van der Waals surface area contributed by atoms with Crippen LogP contribution in [0.2, 0.25) is 0 Å². The van der Waals surface area contributed by atoms with E-state index in [1.165, 1.54) is 0 Å². The number of hydroxylamine groups is 2. The number of carbonyl (C=O) groups excluding carboxylic acids is 1. The van der Waals surface area contributed by atoms with E-state index in [0.29, 0.717) is 23.6 Å². The lowest BCUT2D eigenvalue weighted by Gasteiger charge is -2.36. The molecule has 1 saturated carbocycles. The van der Waals surface area contributed by atoms with Crippen molar-refractivity contribution in [1.29, 1.82) is 5.26 Å². The number of anilines is 1. The van der Waals surface area contributed by atoms with E-state index in [9.17, 15) is 15.3 Å². The van der Waals surface area contributed by atoms with E-state index >= 15 is 0 Å². The molecule has 2 N–H and O–H groups in total. The summed E-state index contributed by atoms with van der Waals surface area (Å²) in [5.41, 5.74) is 0.532. The molecule has 1 aromatic carbocycles. The quantitative estimate of drug-likeness (QED) is 0.640. The fourth-order valence-electron chi connectivity index (χ4n) is 2.60. The highest BCUT2D eigenvalue weighted by molar-refractivity contribution is 5.89. The number of benzene rings is 1. The van der Waals surface area contributed by atoms with Gasteiger partial charge in [0.05, 0.1) is 6.07 Å². The molecule has 2 rings (SSSR count). The predicted octanol–water partition coefficient (Wildman–Crippen LogP) is 3.44. The van der Waals surface area contributed by atoms with Gasteiger partial charge in [0.15, 0.2) is 5.54 Å². The summed E-state index contributed by atoms with van der Waals surface area (Å²) >= 11 is 0. The number of hydrogen-bond acceptors (Lipinski definition) is 3. The third-order valence-corrected chi connectivity index (χ3v) is 3.76. The van der Waals surface area contributed by atoms with Gasteiger partial charge in [-0.05, 0) is 50.3 Å². The maximum absolute atomic E-state index is 12.1. The molecule has 0 aromatic heterocycles. The van der Waals surface area contributed by atoms with Crippen LogP contribution in [0.5, 0.6) is 0 Å². The van der Waals surface area contributed by atoms with E-state index in [1.54, 1.807) is 6.07 Å². The Morgan fingerprint density at radius 2 is 2.10 bits per heavy atom. The molecule has 0 heterocycles. The number of nitriles is 1. The highest BCUT2D eigenvalue weighted by Crippen LogP contribution is 2.32. The lowest BCUT2D eigenvalue weighted by Crippen LogP contribution is -2.51. The molecule has 1 aromatic rings. The Labute approximate surface area is 118 Å². The van der Waals surface area contributed by atoms with Gasteiger partial charge in [0.25, 0.3) is 0 Å². The number of aryl methyl sites for hydroxylation is 1. The summed E-state index contributed by atoms with van der Waals surface area (Å²) in [6.07, 6.45) is 3.77. The summed E-state index contributed by atoms with van der Waals surface area (Å²) < 4.78 is 0. The molecule has 2 amide bonds. The summed E-state index contributed by atoms with van der Waals surface area (Å²) in [7, 11) is 0. The maximum atomic E-state index is 12.1. The fourth-order valence-corrected chi connectivity index (χ4v) is 2.60. The topological polar surface area (TPSA) is 76.4 Å². The van der Waals surface area contributed by atoms with E-state index < -0.39 is 11.6 Å². The second-order valence-electron chi connectivity index (χ2n) is 5.32. The first kappa shape index (κ1) is 14.4. The predicted molar refractivity (Wildman–Crippen MR) is 75.3 cm³/mol. The van der Waals surface area contributed by atoms with Crippen LogP contribution in [0.25, 0.3) is 0 Å². The highest BCUT2D eigenvalue weighted by atomic mass is 16.5. The molecule has 0 spiro atoms. The minimum absolute atomic E-state index is 0.515. The second-order valence-corrected chi connectivity index (χ2v) is 5.32. The largest absolute Gasteiger partial charge is 0.347 e. The summed E-state index contributed by atoms with van der Waals surface area (Å²) in [5.74, 6) is 0. The van der Waals surface area contributed by atoms with Crippen molar-refractivity contribution in [2.75, 3.05) is 5.32 Å². The normalized spacial score (nSPS) is 17.1. The monoisotopic (exact) mass is 273 g/mol. The molecular weight excluding hydrogens is 254 g/mol. The van der Waals surface area contributed by atoms with E-state index in [-0.39, 0.29) is 0 Å². The molecule has 5 heteroatoms. The van der Waals surface area contributed by atoms with E-state index in [4.69, 9.17) is 0 Å². The molecule has 5 nitrogen and oxygen atoms in total. The molecular formula is C15H19N3O2. The third-order valence-electron chi connectivity index (χ3n) is 3.76. The molecule has 0 radical (unpaired) electrons. The Morgan fingerprint density at radius 3 is 2.70 bits per heavy atom. The van der Waals surface area contributed by atoms with Crippen molar-refractivity contribution in [1.82, 2.24) is 5.06 Å². The number of hydrogen-bond donors (Lipinski definition) is 2. The number of rotatable bonds is 2. The lowest BCUT2D eigenvalue weighted by molar-refractivity contribution is -0.112. The van der Waals surface area contributed by atoms with Crippen molar-refractivity contribution in [2.24, 2.45) is 0 Å². The van der Waals surface area contributed by atoms with Crippen molar-refractivity contribution in [3.05, 3.63) is 29.8 Å². The molecule has 0 atom stereocenters. The Morgan fingerprint density at radius 1 is 1.40 bits per heavy atom. The van der Waals surface area contributed by atoms with Crippen LogP contribution < -0.4 is 5.32 Å². The Bertz CT molecular complexity index is 530. The maximum Gasteiger partial charge on any atom is 0.347 e. The standard InChI is InChI=1S/C15H19N3O2/c1-12-6-5-7-13(10-12)17-14(19)18(20)15(11-16)8-3-2-4-9-15/h5-7,10,20H,2-4,8-9H2,1H3,(H,17,19). The summed E-state index contributed by atoms with van der Waals surface area (Å²) in [5, 5.41) is 22.7. The molecule has 1 aliphatic carbocycles. The van der Waals surface area contributed by atoms with E-state index in [1.807, 2.05) is 25.1 Å². The minimum atomic E-state index is -1.09. The molecule has 0 saturated heterocycles. The van der Waals surface area contributed by atoms with Gasteiger partial charge in [0, 0.05) is 5.69 Å². The SMILES string of the molecule is Cc1cccc(NC(=O)N(O)C2(C#N)CCCCC2)c1. The van der Waals surface area contributed by atoms with Gasteiger partial charge in [-0.25, -0.2) is 4.79 Å². The smallest absolute Gasteiger partial charge is 0.306 e. The number of carbonyl (C=O) groups is 1. The van der Waals surface area contributed by atoms with Crippen LogP contribution in [-0.4, -0.2) is 21.8 Å². The van der Waals surface area contributed by atoms with Crippen LogP contribution in [0.1, 0.15) is 37.7 Å². The van der Waals surface area contributed by atoms with Gasteiger partial charge in [-0.15, -0.1) is 0 Å². The fraction of sp³-hybridized carbons (Fsp3) is 0.467. The molecule has 20 heavy (non-hydrogen) atoms. The van der Waals surface area contributed by atoms with Crippen LogP contribution in [0, 0.1) is 18.3 Å². The Hall–Kier alpha value is -2.06. The average molecular weight is 273 g/mol. The van der Waals surface area contributed by atoms with Crippen LogP contribution in [-0.2, 0) is 0 Å². The molecule has 1 aliphatic rings. The Balaban J connectivity index is 2.10. The third kappa shape index (κ3) is 2.91. The molecule has 0 bridgehead atoms. The zero-order chi connectivity index (χ0) is 14.6. The molecule has 0 aliphatic heterocycles. The van der Waals surface area contributed by atoms with Gasteiger partial charge in [0.2, 0.25) is 0 Å². The zero-order valence-electron chi connectivity index (χ0n) is 11.6. The number of nitrogens with zero attached hydrogens (tertiary/aromatic N) is 2. The summed E-state index contributed by atoms with van der Waals surface area (Å²) in [6, 6.07) is 8.76. The van der Waals surface area contributed by atoms with Gasteiger partial charge in [0.1, 0.15) is 0 Å². The van der Waals surface area contributed by atoms with Gasteiger partial charge in [-0.3, -0.25) is 5.21 Å². The van der Waals surface area contributed by atoms with Gasteiger partial charge in [-0.2, -0.15) is 10.3 Å². The molecule has 0 unspecified atom stereocenters. The van der Waals surface area contributed by atoms with Crippen molar-refractivity contribution in [3.63, 3.8) is 0 Å². The number of nitrogens with one attached hydrogen (secondary N) is 1. The number of amides is 2. The van der Waals surface area contributed by atoms with Crippen LogP contribution in [0.4, 0.5) is 10.5 Å². The van der Waals surface area contributed by atoms with Gasteiger partial charge < -0.3 is 5.32 Å². The van der Waals surface area contributed by atoms with Crippen LogP contribution in [0.15, 0.2) is 24.3 Å². The van der Waals surface area contributed by atoms with Crippen LogP contribution in [0.3, 0.4) is 0 Å². The van der Waals surface area contributed by atoms with Gasteiger partial charge in [-0.1, -0.05) is 18.6 Å². The zero-order valence-corrected chi connectivity index (χ0v) is 11.6. The molecule has 1 fully saturated rings. The average Bonchev–Trinajstić information content (AvgIpc) is 2.47. The highest BCUT2D eigenvalue weighted by Gasteiger charge is 2.41.